The molecule has 0 bridgehead atoms. The number of aromatic nitrogens is 1. The van der Waals surface area contributed by atoms with Crippen molar-refractivity contribution < 1.29 is 9.90 Å². The van der Waals surface area contributed by atoms with E-state index in [4.69, 9.17) is 11.6 Å². The summed E-state index contributed by atoms with van der Waals surface area (Å²) in [4.78, 5) is 15.9. The SMILES string of the molecule is O=C(O)[C@H]1CC=CC[C@H]1c1nc2cc(Cl)ccc2s1. The Labute approximate surface area is 119 Å². The van der Waals surface area contributed by atoms with E-state index in [0.29, 0.717) is 11.4 Å². The van der Waals surface area contributed by atoms with Crippen LogP contribution in [0.4, 0.5) is 0 Å². The van der Waals surface area contributed by atoms with Gasteiger partial charge in [-0.25, -0.2) is 4.98 Å². The van der Waals surface area contributed by atoms with Crippen LogP contribution in [0.25, 0.3) is 10.2 Å². The molecule has 0 fully saturated rings. The number of allylic oxidation sites excluding steroid dienone is 2. The third-order valence-electron chi connectivity index (χ3n) is 3.43. The number of rotatable bonds is 2. The summed E-state index contributed by atoms with van der Waals surface area (Å²) < 4.78 is 1.05. The van der Waals surface area contributed by atoms with Crippen LogP contribution in [-0.4, -0.2) is 16.1 Å². The molecule has 0 spiro atoms. The Balaban J connectivity index is 2.02. The lowest BCUT2D eigenvalue weighted by Crippen LogP contribution is -2.23. The maximum absolute atomic E-state index is 11.3. The number of halogens is 1. The molecule has 3 nitrogen and oxygen atoms in total. The Bertz CT molecular complexity index is 665. The van der Waals surface area contributed by atoms with Gasteiger partial charge in [-0.2, -0.15) is 0 Å². The second-order valence-electron chi connectivity index (χ2n) is 4.66. The van der Waals surface area contributed by atoms with Gasteiger partial charge in [0.15, 0.2) is 0 Å². The molecule has 19 heavy (non-hydrogen) atoms. The van der Waals surface area contributed by atoms with Gasteiger partial charge in [0.05, 0.1) is 21.1 Å². The number of aliphatic carboxylic acids is 1. The number of carbonyl (C=O) groups is 1. The van der Waals surface area contributed by atoms with Crippen LogP contribution in [0.15, 0.2) is 30.4 Å². The van der Waals surface area contributed by atoms with Gasteiger partial charge in [-0.1, -0.05) is 23.8 Å². The van der Waals surface area contributed by atoms with Crippen molar-refractivity contribution in [1.82, 2.24) is 4.98 Å². The zero-order valence-corrected chi connectivity index (χ0v) is 11.6. The fourth-order valence-corrected chi connectivity index (χ4v) is 3.73. The Morgan fingerprint density at radius 1 is 1.37 bits per heavy atom. The van der Waals surface area contributed by atoms with E-state index in [1.54, 1.807) is 11.3 Å². The summed E-state index contributed by atoms with van der Waals surface area (Å²) in [5.41, 5.74) is 0.853. The van der Waals surface area contributed by atoms with Crippen molar-refractivity contribution in [3.05, 3.63) is 40.4 Å². The van der Waals surface area contributed by atoms with Crippen LogP contribution in [-0.2, 0) is 4.79 Å². The summed E-state index contributed by atoms with van der Waals surface area (Å²) in [6, 6.07) is 5.60. The Kier molecular flexibility index (Phi) is 3.29. The van der Waals surface area contributed by atoms with Crippen molar-refractivity contribution in [1.29, 1.82) is 0 Å². The number of fused-ring (bicyclic) bond motifs is 1. The summed E-state index contributed by atoms with van der Waals surface area (Å²) in [5, 5.41) is 10.9. The van der Waals surface area contributed by atoms with Crippen molar-refractivity contribution >= 4 is 39.1 Å². The minimum atomic E-state index is -0.744. The first-order chi connectivity index (χ1) is 9.15. The minimum Gasteiger partial charge on any atom is -0.481 e. The first kappa shape index (κ1) is 12.6. The predicted molar refractivity (Wildman–Crippen MR) is 76.9 cm³/mol. The van der Waals surface area contributed by atoms with E-state index in [2.05, 4.69) is 4.98 Å². The molecule has 0 unspecified atom stereocenters. The molecular formula is C14H12ClNO2S. The molecule has 0 radical (unpaired) electrons. The van der Waals surface area contributed by atoms with Gasteiger partial charge in [-0.05, 0) is 31.0 Å². The highest BCUT2D eigenvalue weighted by atomic mass is 35.5. The molecule has 3 rings (SSSR count). The smallest absolute Gasteiger partial charge is 0.307 e. The van der Waals surface area contributed by atoms with Crippen LogP contribution >= 0.6 is 22.9 Å². The number of benzene rings is 1. The van der Waals surface area contributed by atoms with E-state index in [1.165, 1.54) is 0 Å². The largest absolute Gasteiger partial charge is 0.481 e. The minimum absolute atomic E-state index is 0.0290. The normalized spacial score (nSPS) is 22.8. The quantitative estimate of drug-likeness (QED) is 0.849. The first-order valence-electron chi connectivity index (χ1n) is 6.09. The number of carboxylic acid groups (broad SMARTS) is 1. The van der Waals surface area contributed by atoms with Crippen LogP contribution < -0.4 is 0 Å². The molecule has 2 aromatic rings. The molecule has 5 heteroatoms. The van der Waals surface area contributed by atoms with Crippen molar-refractivity contribution in [2.45, 2.75) is 18.8 Å². The molecule has 1 aliphatic carbocycles. The van der Waals surface area contributed by atoms with Crippen LogP contribution in [0.5, 0.6) is 0 Å². The molecule has 1 heterocycles. The topological polar surface area (TPSA) is 50.2 Å². The highest BCUT2D eigenvalue weighted by Gasteiger charge is 2.32. The number of thiazole rings is 1. The van der Waals surface area contributed by atoms with Gasteiger partial charge in [0.2, 0.25) is 0 Å². The second kappa shape index (κ2) is 4.94. The summed E-state index contributed by atoms with van der Waals surface area (Å²) in [6.45, 7) is 0. The monoisotopic (exact) mass is 293 g/mol. The van der Waals surface area contributed by atoms with Gasteiger partial charge in [0.25, 0.3) is 0 Å². The fraction of sp³-hybridized carbons (Fsp3) is 0.286. The number of hydrogen-bond donors (Lipinski definition) is 1. The fourth-order valence-electron chi connectivity index (χ4n) is 2.44. The Morgan fingerprint density at radius 2 is 2.16 bits per heavy atom. The highest BCUT2D eigenvalue weighted by molar-refractivity contribution is 7.18. The second-order valence-corrected chi connectivity index (χ2v) is 6.16. The average Bonchev–Trinajstić information content (AvgIpc) is 2.81. The van der Waals surface area contributed by atoms with Crippen LogP contribution in [0.1, 0.15) is 23.8 Å². The van der Waals surface area contributed by atoms with Gasteiger partial charge in [0, 0.05) is 10.9 Å². The molecule has 1 aromatic carbocycles. The van der Waals surface area contributed by atoms with Crippen LogP contribution in [0, 0.1) is 5.92 Å². The maximum atomic E-state index is 11.3. The molecule has 1 N–H and O–H groups in total. The zero-order valence-electron chi connectivity index (χ0n) is 10.0. The van der Waals surface area contributed by atoms with Crippen molar-refractivity contribution in [2.75, 3.05) is 0 Å². The lowest BCUT2D eigenvalue weighted by atomic mass is 9.83. The maximum Gasteiger partial charge on any atom is 0.307 e. The first-order valence-corrected chi connectivity index (χ1v) is 7.28. The van der Waals surface area contributed by atoms with Crippen molar-refractivity contribution in [3.8, 4) is 0 Å². The van der Waals surface area contributed by atoms with E-state index in [9.17, 15) is 9.90 Å². The molecule has 0 amide bonds. The molecule has 1 aromatic heterocycles. The Morgan fingerprint density at radius 3 is 2.95 bits per heavy atom. The Hall–Kier alpha value is -1.39. The molecule has 0 saturated heterocycles. The van der Waals surface area contributed by atoms with E-state index in [1.807, 2.05) is 30.4 Å². The summed E-state index contributed by atoms with van der Waals surface area (Å²) in [5.74, 6) is -1.15. The van der Waals surface area contributed by atoms with Crippen LogP contribution in [0.2, 0.25) is 5.02 Å². The summed E-state index contributed by atoms with van der Waals surface area (Å²) in [7, 11) is 0. The van der Waals surface area contributed by atoms with E-state index >= 15 is 0 Å². The van der Waals surface area contributed by atoms with Crippen LogP contribution in [0.3, 0.4) is 0 Å². The standard InChI is InChI=1S/C14H12ClNO2S/c15-8-5-6-12-11(7-8)16-13(19-12)9-3-1-2-4-10(9)14(17)18/h1-2,5-7,9-10H,3-4H2,(H,17,18)/t9-,10+/m1/s1. The van der Waals surface area contributed by atoms with E-state index in [0.717, 1.165) is 21.6 Å². The van der Waals surface area contributed by atoms with Gasteiger partial charge in [-0.3, -0.25) is 4.79 Å². The van der Waals surface area contributed by atoms with Gasteiger partial charge < -0.3 is 5.11 Å². The molecule has 1 aliphatic rings. The molecule has 0 saturated carbocycles. The molecular weight excluding hydrogens is 282 g/mol. The number of nitrogens with zero attached hydrogens (tertiary/aromatic N) is 1. The summed E-state index contributed by atoms with van der Waals surface area (Å²) >= 11 is 7.52. The van der Waals surface area contributed by atoms with Crippen molar-refractivity contribution in [2.24, 2.45) is 5.92 Å². The third-order valence-corrected chi connectivity index (χ3v) is 4.84. The molecule has 98 valence electrons. The lowest BCUT2D eigenvalue weighted by Gasteiger charge is -2.22. The van der Waals surface area contributed by atoms with Gasteiger partial charge >= 0.3 is 5.97 Å². The number of carboxylic acids is 1. The van der Waals surface area contributed by atoms with E-state index < -0.39 is 5.97 Å². The highest BCUT2D eigenvalue weighted by Crippen LogP contribution is 2.38. The van der Waals surface area contributed by atoms with Gasteiger partial charge in [0.1, 0.15) is 0 Å². The number of hydrogen-bond acceptors (Lipinski definition) is 3. The lowest BCUT2D eigenvalue weighted by molar-refractivity contribution is -0.142. The molecule has 2 atom stereocenters. The van der Waals surface area contributed by atoms with Crippen molar-refractivity contribution in [3.63, 3.8) is 0 Å². The summed E-state index contributed by atoms with van der Waals surface area (Å²) in [6.07, 6.45) is 5.31. The van der Waals surface area contributed by atoms with E-state index in [-0.39, 0.29) is 11.8 Å². The molecule has 0 aliphatic heterocycles. The van der Waals surface area contributed by atoms with Gasteiger partial charge in [-0.15, -0.1) is 11.3 Å². The average molecular weight is 294 g/mol. The zero-order chi connectivity index (χ0) is 13.4. The predicted octanol–water partition coefficient (Wildman–Crippen LogP) is 4.08. The third kappa shape index (κ3) is 2.38.